The molecule has 0 unspecified atom stereocenters. The summed E-state index contributed by atoms with van der Waals surface area (Å²) in [6.45, 7) is 13.7. The second-order valence-corrected chi connectivity index (χ2v) is 16.6. The average molecular weight is 655 g/mol. The van der Waals surface area contributed by atoms with Crippen LogP contribution in [0.5, 0.6) is 11.8 Å². The largest absolute Gasteiger partial charge is 0.421 e. The number of ether oxygens (including phenoxy) is 1. The number of pyridine rings is 2. The molecule has 0 saturated carbocycles. The molecule has 0 aliphatic heterocycles. The first-order valence-corrected chi connectivity index (χ1v) is 18.0. The second-order valence-electron chi connectivity index (χ2n) is 16.6. The molecule has 3 heteroatoms. The van der Waals surface area contributed by atoms with E-state index in [4.69, 9.17) is 14.7 Å². The van der Waals surface area contributed by atoms with E-state index in [1.165, 1.54) is 44.5 Å². The molecule has 0 atom stereocenters. The maximum atomic E-state index is 6.60. The number of benzene rings is 4. The van der Waals surface area contributed by atoms with E-state index in [9.17, 15) is 0 Å². The minimum Gasteiger partial charge on any atom is -0.421 e. The minimum absolute atomic E-state index is 0.0540. The monoisotopic (exact) mass is 654 g/mol. The standard InChI is InChI=1S/C47H46N2O/c1-45(2,3)36-22-23-37(40(26-36)46(4,5)6)35-24-42(31-14-8-7-9-15-31)49-44(25-35)50-43-21-13-20-41(48-43)38-19-12-18-34-29-47(30-39(34)38)27-32-16-10-11-17-33(32)28-47/h7-26H,27-30H2,1-6H3. The van der Waals surface area contributed by atoms with Gasteiger partial charge in [0.2, 0.25) is 11.8 Å². The summed E-state index contributed by atoms with van der Waals surface area (Å²) in [7, 11) is 0. The summed E-state index contributed by atoms with van der Waals surface area (Å²) in [6, 6.07) is 43.4. The van der Waals surface area contributed by atoms with Crippen molar-refractivity contribution in [3.8, 4) is 45.4 Å². The van der Waals surface area contributed by atoms with E-state index < -0.39 is 0 Å². The lowest BCUT2D eigenvalue weighted by Gasteiger charge is -2.28. The van der Waals surface area contributed by atoms with Crippen LogP contribution in [0.25, 0.3) is 33.6 Å². The van der Waals surface area contributed by atoms with Crippen molar-refractivity contribution in [1.29, 1.82) is 0 Å². The van der Waals surface area contributed by atoms with Crippen molar-refractivity contribution < 1.29 is 4.74 Å². The second kappa shape index (κ2) is 12.1. The average Bonchev–Trinajstić information content (AvgIpc) is 3.65. The molecular formula is C47H46N2O. The summed E-state index contributed by atoms with van der Waals surface area (Å²) in [5.41, 5.74) is 15.2. The van der Waals surface area contributed by atoms with Gasteiger partial charge in [0.1, 0.15) is 0 Å². The van der Waals surface area contributed by atoms with Crippen molar-refractivity contribution in [2.75, 3.05) is 0 Å². The van der Waals surface area contributed by atoms with E-state index >= 15 is 0 Å². The highest BCUT2D eigenvalue weighted by atomic mass is 16.5. The van der Waals surface area contributed by atoms with Crippen LogP contribution in [0.4, 0.5) is 0 Å². The maximum Gasteiger partial charge on any atom is 0.222 e. The Morgan fingerprint density at radius 1 is 0.500 bits per heavy atom. The Bertz CT molecular complexity index is 2190. The molecule has 0 saturated heterocycles. The van der Waals surface area contributed by atoms with Gasteiger partial charge >= 0.3 is 0 Å². The van der Waals surface area contributed by atoms with Gasteiger partial charge in [-0.05, 0) is 98.6 Å². The van der Waals surface area contributed by atoms with Crippen LogP contribution in [0.15, 0.2) is 121 Å². The predicted octanol–water partition coefficient (Wildman–Crippen LogP) is 11.7. The van der Waals surface area contributed by atoms with Gasteiger partial charge in [0.05, 0.1) is 11.4 Å². The Morgan fingerprint density at radius 3 is 1.88 bits per heavy atom. The smallest absolute Gasteiger partial charge is 0.222 e. The SMILES string of the molecule is CC(C)(C)c1ccc(-c2cc(Oc3cccc(-c4cccc5c4CC4(Cc6ccccc6C4)C5)n3)nc(-c3ccccc3)c2)c(C(C)(C)C)c1. The van der Waals surface area contributed by atoms with E-state index in [-0.39, 0.29) is 16.2 Å². The highest BCUT2D eigenvalue weighted by Gasteiger charge is 2.42. The molecule has 250 valence electrons. The molecule has 0 amide bonds. The Hall–Kier alpha value is -5.02. The number of aromatic nitrogens is 2. The van der Waals surface area contributed by atoms with Crippen LogP contribution in [-0.4, -0.2) is 9.97 Å². The Morgan fingerprint density at radius 2 is 1.16 bits per heavy atom. The molecule has 1 spiro atoms. The number of hydrogen-bond donors (Lipinski definition) is 0. The van der Waals surface area contributed by atoms with Crippen LogP contribution in [0.2, 0.25) is 0 Å². The third kappa shape index (κ3) is 6.15. The van der Waals surface area contributed by atoms with Crippen LogP contribution in [0, 0.1) is 5.41 Å². The molecule has 50 heavy (non-hydrogen) atoms. The molecule has 6 aromatic rings. The van der Waals surface area contributed by atoms with Crippen molar-refractivity contribution >= 4 is 0 Å². The van der Waals surface area contributed by atoms with Gasteiger partial charge in [-0.3, -0.25) is 0 Å². The number of nitrogens with zero attached hydrogens (tertiary/aromatic N) is 2. The van der Waals surface area contributed by atoms with Crippen molar-refractivity contribution in [2.24, 2.45) is 5.41 Å². The minimum atomic E-state index is -0.0561. The van der Waals surface area contributed by atoms with Crippen LogP contribution >= 0.6 is 0 Å². The molecule has 0 bridgehead atoms. The van der Waals surface area contributed by atoms with Gasteiger partial charge in [-0.2, -0.15) is 0 Å². The molecule has 0 fully saturated rings. The van der Waals surface area contributed by atoms with Crippen LogP contribution < -0.4 is 4.74 Å². The molecule has 4 aromatic carbocycles. The van der Waals surface area contributed by atoms with Crippen molar-refractivity contribution in [2.45, 2.75) is 78.1 Å². The summed E-state index contributed by atoms with van der Waals surface area (Å²) in [4.78, 5) is 10.1. The Labute approximate surface area is 297 Å². The maximum absolute atomic E-state index is 6.60. The zero-order chi connectivity index (χ0) is 34.7. The highest BCUT2D eigenvalue weighted by molar-refractivity contribution is 5.75. The Balaban J connectivity index is 1.16. The fourth-order valence-corrected chi connectivity index (χ4v) is 8.20. The van der Waals surface area contributed by atoms with Crippen LogP contribution in [0.3, 0.4) is 0 Å². The van der Waals surface area contributed by atoms with E-state index in [0.717, 1.165) is 48.2 Å². The molecule has 8 rings (SSSR count). The number of fused-ring (bicyclic) bond motifs is 2. The third-order valence-corrected chi connectivity index (χ3v) is 10.7. The summed E-state index contributed by atoms with van der Waals surface area (Å²) in [5, 5.41) is 0. The van der Waals surface area contributed by atoms with E-state index in [1.54, 1.807) is 0 Å². The quantitative estimate of drug-likeness (QED) is 0.186. The van der Waals surface area contributed by atoms with Crippen LogP contribution in [0.1, 0.15) is 74.9 Å². The van der Waals surface area contributed by atoms with E-state index in [0.29, 0.717) is 11.8 Å². The van der Waals surface area contributed by atoms with Gasteiger partial charge in [-0.1, -0.05) is 139 Å². The molecule has 2 aliphatic rings. The van der Waals surface area contributed by atoms with Gasteiger partial charge < -0.3 is 4.74 Å². The topological polar surface area (TPSA) is 35.0 Å². The van der Waals surface area contributed by atoms with Gasteiger partial charge in [0, 0.05) is 23.3 Å². The first kappa shape index (κ1) is 32.2. The molecule has 0 radical (unpaired) electrons. The van der Waals surface area contributed by atoms with Gasteiger partial charge in [0.15, 0.2) is 0 Å². The van der Waals surface area contributed by atoms with Gasteiger partial charge in [-0.25, -0.2) is 9.97 Å². The normalized spacial score (nSPS) is 14.8. The Kier molecular flexibility index (Phi) is 7.79. The first-order chi connectivity index (χ1) is 23.9. The molecular weight excluding hydrogens is 609 g/mol. The number of rotatable bonds is 5. The van der Waals surface area contributed by atoms with Crippen molar-refractivity contribution in [3.63, 3.8) is 0 Å². The molecule has 2 aromatic heterocycles. The zero-order valence-corrected chi connectivity index (χ0v) is 30.2. The lowest BCUT2D eigenvalue weighted by atomic mass is 9.77. The molecule has 2 heterocycles. The van der Waals surface area contributed by atoms with E-state index in [1.807, 2.05) is 12.1 Å². The molecule has 2 aliphatic carbocycles. The van der Waals surface area contributed by atoms with E-state index in [2.05, 4.69) is 151 Å². The molecule has 3 nitrogen and oxygen atoms in total. The third-order valence-electron chi connectivity index (χ3n) is 10.7. The van der Waals surface area contributed by atoms with Gasteiger partial charge in [0.25, 0.3) is 0 Å². The van der Waals surface area contributed by atoms with Gasteiger partial charge in [-0.15, -0.1) is 0 Å². The number of hydrogen-bond acceptors (Lipinski definition) is 3. The lowest BCUT2D eigenvalue weighted by molar-refractivity contribution is 0.327. The summed E-state index contributed by atoms with van der Waals surface area (Å²) >= 11 is 0. The molecule has 0 N–H and O–H groups in total. The fourth-order valence-electron chi connectivity index (χ4n) is 8.20. The fraction of sp³-hybridized carbons (Fsp3) is 0.277. The highest BCUT2D eigenvalue weighted by Crippen LogP contribution is 2.49. The summed E-state index contributed by atoms with van der Waals surface area (Å²) < 4.78 is 6.60. The predicted molar refractivity (Wildman–Crippen MR) is 206 cm³/mol. The van der Waals surface area contributed by atoms with Crippen molar-refractivity contribution in [1.82, 2.24) is 9.97 Å². The zero-order valence-electron chi connectivity index (χ0n) is 30.2. The van der Waals surface area contributed by atoms with Crippen molar-refractivity contribution in [3.05, 3.63) is 155 Å². The summed E-state index contributed by atoms with van der Waals surface area (Å²) in [6.07, 6.45) is 4.49. The summed E-state index contributed by atoms with van der Waals surface area (Å²) in [5.74, 6) is 1.08. The van der Waals surface area contributed by atoms with Crippen LogP contribution in [-0.2, 0) is 36.5 Å². The first-order valence-electron chi connectivity index (χ1n) is 18.0. The lowest BCUT2D eigenvalue weighted by Crippen LogP contribution is -2.21.